The summed E-state index contributed by atoms with van der Waals surface area (Å²) in [6.07, 6.45) is 0.972. The van der Waals surface area contributed by atoms with Gasteiger partial charge in [-0.15, -0.1) is 0 Å². The van der Waals surface area contributed by atoms with Crippen LogP contribution in [0.5, 0.6) is 0 Å². The molecule has 4 nitrogen and oxygen atoms in total. The molecular formula is C15H21FN2O2. The summed E-state index contributed by atoms with van der Waals surface area (Å²) in [4.78, 5) is 13.8. The highest BCUT2D eigenvalue weighted by Gasteiger charge is 2.24. The van der Waals surface area contributed by atoms with E-state index >= 15 is 0 Å². The first-order valence-corrected chi connectivity index (χ1v) is 6.89. The molecule has 1 unspecified atom stereocenters. The van der Waals surface area contributed by atoms with Crippen LogP contribution in [-0.2, 0) is 4.74 Å². The average Bonchev–Trinajstić information content (AvgIpc) is 2.89. The molecule has 1 saturated heterocycles. The molecule has 2 rings (SSSR count). The van der Waals surface area contributed by atoms with Gasteiger partial charge in [0.25, 0.3) is 0 Å². The van der Waals surface area contributed by atoms with Crippen molar-refractivity contribution in [1.82, 2.24) is 4.90 Å². The van der Waals surface area contributed by atoms with Crippen molar-refractivity contribution in [3.8, 4) is 0 Å². The summed E-state index contributed by atoms with van der Waals surface area (Å²) in [6, 6.07) is 4.94. The highest BCUT2D eigenvalue weighted by atomic mass is 19.1. The predicted octanol–water partition coefficient (Wildman–Crippen LogP) is 2.51. The number of halogens is 1. The molecule has 110 valence electrons. The summed E-state index contributed by atoms with van der Waals surface area (Å²) in [5.41, 5.74) is 0.721. The number of likely N-dealkylation sites (tertiary alicyclic amines) is 1. The van der Waals surface area contributed by atoms with Gasteiger partial charge in [-0.3, -0.25) is 4.90 Å². The van der Waals surface area contributed by atoms with Gasteiger partial charge in [-0.05, 0) is 38.5 Å². The minimum absolute atomic E-state index is 0.208. The zero-order chi connectivity index (χ0) is 14.7. The molecule has 1 atom stereocenters. The van der Waals surface area contributed by atoms with Gasteiger partial charge in [0, 0.05) is 25.2 Å². The normalized spacial score (nSPS) is 19.4. The summed E-state index contributed by atoms with van der Waals surface area (Å²) in [5.74, 6) is -0.802. The molecule has 0 aliphatic carbocycles. The van der Waals surface area contributed by atoms with Crippen molar-refractivity contribution in [1.29, 1.82) is 0 Å². The molecule has 20 heavy (non-hydrogen) atoms. The summed E-state index contributed by atoms with van der Waals surface area (Å²) in [7, 11) is 1.32. The van der Waals surface area contributed by atoms with E-state index in [2.05, 4.69) is 28.8 Å². The molecule has 1 N–H and O–H groups in total. The summed E-state index contributed by atoms with van der Waals surface area (Å²) in [5, 5.41) is 3.19. The van der Waals surface area contributed by atoms with E-state index in [-0.39, 0.29) is 11.9 Å². The molecular weight excluding hydrogens is 259 g/mol. The van der Waals surface area contributed by atoms with Gasteiger partial charge in [-0.25, -0.2) is 9.18 Å². The van der Waals surface area contributed by atoms with E-state index in [1.54, 1.807) is 0 Å². The molecule has 0 aromatic heterocycles. The number of benzene rings is 1. The SMILES string of the molecule is COC(=O)c1ccc(F)c(NC2CCN(C(C)C)C2)c1. The Labute approximate surface area is 118 Å². The van der Waals surface area contributed by atoms with E-state index in [1.165, 1.54) is 25.3 Å². The van der Waals surface area contributed by atoms with Gasteiger partial charge in [-0.1, -0.05) is 0 Å². The number of ether oxygens (including phenoxy) is 1. The quantitative estimate of drug-likeness (QED) is 0.860. The van der Waals surface area contributed by atoms with Crippen LogP contribution in [0.3, 0.4) is 0 Å². The monoisotopic (exact) mass is 280 g/mol. The zero-order valence-electron chi connectivity index (χ0n) is 12.1. The molecule has 5 heteroatoms. The first-order chi connectivity index (χ1) is 9.51. The Hall–Kier alpha value is -1.62. The van der Waals surface area contributed by atoms with Gasteiger partial charge >= 0.3 is 5.97 Å². The van der Waals surface area contributed by atoms with Crippen molar-refractivity contribution < 1.29 is 13.9 Å². The third-order valence-corrected chi connectivity index (χ3v) is 3.70. The van der Waals surface area contributed by atoms with Crippen LogP contribution in [-0.4, -0.2) is 43.2 Å². The van der Waals surface area contributed by atoms with E-state index < -0.39 is 5.97 Å². The number of carbonyl (C=O) groups excluding carboxylic acids is 1. The Morgan fingerprint density at radius 2 is 2.25 bits per heavy atom. The molecule has 1 aliphatic rings. The van der Waals surface area contributed by atoms with E-state index in [9.17, 15) is 9.18 Å². The number of hydrogen-bond acceptors (Lipinski definition) is 4. The average molecular weight is 280 g/mol. The van der Waals surface area contributed by atoms with Gasteiger partial charge < -0.3 is 10.1 Å². The summed E-state index contributed by atoms with van der Waals surface area (Å²) < 4.78 is 18.5. The number of anilines is 1. The van der Waals surface area contributed by atoms with Crippen molar-refractivity contribution in [3.05, 3.63) is 29.6 Å². The van der Waals surface area contributed by atoms with E-state index in [0.29, 0.717) is 17.3 Å². The molecule has 1 heterocycles. The summed E-state index contributed by atoms with van der Waals surface area (Å²) >= 11 is 0. The lowest BCUT2D eigenvalue weighted by Crippen LogP contribution is -2.31. The highest BCUT2D eigenvalue weighted by molar-refractivity contribution is 5.90. The highest BCUT2D eigenvalue weighted by Crippen LogP contribution is 2.21. The number of rotatable bonds is 4. The van der Waals surface area contributed by atoms with E-state index in [4.69, 9.17) is 0 Å². The van der Waals surface area contributed by atoms with Gasteiger partial charge in [-0.2, -0.15) is 0 Å². The fourth-order valence-corrected chi connectivity index (χ4v) is 2.47. The smallest absolute Gasteiger partial charge is 0.337 e. The molecule has 1 aromatic carbocycles. The molecule has 1 fully saturated rings. The molecule has 0 radical (unpaired) electrons. The van der Waals surface area contributed by atoms with Crippen molar-refractivity contribution in [2.45, 2.75) is 32.4 Å². The Balaban J connectivity index is 2.08. The number of methoxy groups -OCH3 is 1. The van der Waals surface area contributed by atoms with Gasteiger partial charge in [0.05, 0.1) is 18.4 Å². The van der Waals surface area contributed by atoms with Crippen LogP contribution in [0, 0.1) is 5.82 Å². The molecule has 0 saturated carbocycles. The Morgan fingerprint density at radius 3 is 2.85 bits per heavy atom. The van der Waals surface area contributed by atoms with Crippen LogP contribution >= 0.6 is 0 Å². The second kappa shape index (κ2) is 6.22. The fraction of sp³-hybridized carbons (Fsp3) is 0.533. The minimum Gasteiger partial charge on any atom is -0.465 e. The lowest BCUT2D eigenvalue weighted by Gasteiger charge is -2.21. The maximum Gasteiger partial charge on any atom is 0.337 e. The maximum absolute atomic E-state index is 13.8. The van der Waals surface area contributed by atoms with Crippen molar-refractivity contribution >= 4 is 11.7 Å². The van der Waals surface area contributed by atoms with Gasteiger partial charge in [0.15, 0.2) is 0 Å². The van der Waals surface area contributed by atoms with E-state index in [0.717, 1.165) is 19.5 Å². The molecule has 0 bridgehead atoms. The molecule has 1 aliphatic heterocycles. The number of esters is 1. The van der Waals surface area contributed by atoms with Crippen molar-refractivity contribution in [3.63, 3.8) is 0 Å². The maximum atomic E-state index is 13.8. The second-order valence-corrected chi connectivity index (χ2v) is 5.40. The predicted molar refractivity (Wildman–Crippen MR) is 76.5 cm³/mol. The molecule has 0 amide bonds. The second-order valence-electron chi connectivity index (χ2n) is 5.40. The third-order valence-electron chi connectivity index (χ3n) is 3.70. The van der Waals surface area contributed by atoms with Crippen LogP contribution in [0.1, 0.15) is 30.6 Å². The third kappa shape index (κ3) is 3.28. The van der Waals surface area contributed by atoms with Crippen LogP contribution in [0.25, 0.3) is 0 Å². The fourth-order valence-electron chi connectivity index (χ4n) is 2.47. The van der Waals surface area contributed by atoms with Gasteiger partial charge in [0.2, 0.25) is 0 Å². The van der Waals surface area contributed by atoms with Crippen molar-refractivity contribution in [2.75, 3.05) is 25.5 Å². The Bertz CT molecular complexity index is 491. The van der Waals surface area contributed by atoms with Crippen LogP contribution < -0.4 is 5.32 Å². The summed E-state index contributed by atoms with van der Waals surface area (Å²) in [6.45, 7) is 6.20. The molecule has 1 aromatic rings. The largest absolute Gasteiger partial charge is 0.465 e. The molecule has 0 spiro atoms. The number of nitrogens with zero attached hydrogens (tertiary/aromatic N) is 1. The zero-order valence-corrected chi connectivity index (χ0v) is 12.1. The van der Waals surface area contributed by atoms with E-state index in [1.807, 2.05) is 0 Å². The standard InChI is InChI=1S/C15H21FN2O2/c1-10(2)18-7-6-12(9-18)17-14-8-11(15(19)20-3)4-5-13(14)16/h4-5,8,10,12,17H,6-7,9H2,1-3H3. The number of carbonyl (C=O) groups is 1. The Kier molecular flexibility index (Phi) is 4.60. The first kappa shape index (κ1) is 14.8. The number of hydrogen-bond donors (Lipinski definition) is 1. The van der Waals surface area contributed by atoms with Crippen LogP contribution in [0.15, 0.2) is 18.2 Å². The van der Waals surface area contributed by atoms with Crippen molar-refractivity contribution in [2.24, 2.45) is 0 Å². The first-order valence-electron chi connectivity index (χ1n) is 6.89. The van der Waals surface area contributed by atoms with Crippen LogP contribution in [0.4, 0.5) is 10.1 Å². The van der Waals surface area contributed by atoms with Crippen LogP contribution in [0.2, 0.25) is 0 Å². The minimum atomic E-state index is -0.455. The lowest BCUT2D eigenvalue weighted by atomic mass is 10.1. The van der Waals surface area contributed by atoms with Gasteiger partial charge in [0.1, 0.15) is 5.82 Å². The Morgan fingerprint density at radius 1 is 1.50 bits per heavy atom. The topological polar surface area (TPSA) is 41.6 Å². The lowest BCUT2D eigenvalue weighted by molar-refractivity contribution is 0.0600. The number of nitrogens with one attached hydrogen (secondary N) is 1.